The second-order valence-corrected chi connectivity index (χ2v) is 9.14. The van der Waals surface area contributed by atoms with E-state index in [4.69, 9.17) is 4.98 Å². The molecule has 0 fully saturated rings. The minimum Gasteiger partial charge on any atom is -0.388 e. The van der Waals surface area contributed by atoms with Crippen molar-refractivity contribution >= 4 is 0 Å². The number of pyridine rings is 1. The summed E-state index contributed by atoms with van der Waals surface area (Å²) >= 11 is 0. The number of aliphatic hydroxyl groups is 2. The van der Waals surface area contributed by atoms with Crippen molar-refractivity contribution in [3.8, 4) is 0 Å². The summed E-state index contributed by atoms with van der Waals surface area (Å²) in [4.78, 5) is 4.80. The summed E-state index contributed by atoms with van der Waals surface area (Å²) in [6, 6.07) is 4.76. The first-order valence-corrected chi connectivity index (χ1v) is 9.88. The molecule has 0 aliphatic heterocycles. The van der Waals surface area contributed by atoms with Crippen molar-refractivity contribution in [1.29, 1.82) is 0 Å². The molecule has 1 aromatic heterocycles. The standard InChI is InChI=1S/C23H28F3NO2/c1-12(2)20-19(21(29)14-7-6-8-15(9-14)23(24,25)26)13(3)18-16(27-20)10-22(4,5)11-17(18)28/h6-9,12,17,21,28-29H,10-11H2,1-5H3/t17?,21-/m0/s1. The minimum atomic E-state index is -4.48. The van der Waals surface area contributed by atoms with Crippen LogP contribution in [0.3, 0.4) is 0 Å². The molecule has 2 N–H and O–H groups in total. The lowest BCUT2D eigenvalue weighted by atomic mass is 9.72. The Labute approximate surface area is 169 Å². The van der Waals surface area contributed by atoms with Crippen molar-refractivity contribution in [2.45, 2.75) is 71.8 Å². The van der Waals surface area contributed by atoms with Crippen LogP contribution < -0.4 is 0 Å². The topological polar surface area (TPSA) is 53.4 Å². The molecule has 2 aromatic rings. The molecule has 0 saturated heterocycles. The number of halogens is 3. The zero-order valence-electron chi connectivity index (χ0n) is 17.4. The van der Waals surface area contributed by atoms with Crippen LogP contribution >= 0.6 is 0 Å². The van der Waals surface area contributed by atoms with Crippen LogP contribution in [0.2, 0.25) is 0 Å². The summed E-state index contributed by atoms with van der Waals surface area (Å²) in [5.41, 5.74) is 2.66. The van der Waals surface area contributed by atoms with Crippen LogP contribution in [0.15, 0.2) is 24.3 Å². The van der Waals surface area contributed by atoms with Crippen molar-refractivity contribution in [3.05, 3.63) is 63.5 Å². The molecule has 1 aliphatic rings. The van der Waals surface area contributed by atoms with Gasteiger partial charge in [0.1, 0.15) is 6.10 Å². The molecule has 6 heteroatoms. The van der Waals surface area contributed by atoms with Gasteiger partial charge in [0.25, 0.3) is 0 Å². The second-order valence-electron chi connectivity index (χ2n) is 9.14. The van der Waals surface area contributed by atoms with Crippen molar-refractivity contribution in [2.24, 2.45) is 5.41 Å². The molecule has 0 spiro atoms. The summed E-state index contributed by atoms with van der Waals surface area (Å²) < 4.78 is 39.4. The number of alkyl halides is 3. The number of hydrogen-bond acceptors (Lipinski definition) is 3. The molecule has 1 unspecified atom stereocenters. The Bertz CT molecular complexity index is 919. The van der Waals surface area contributed by atoms with Crippen LogP contribution in [0.4, 0.5) is 13.2 Å². The average molecular weight is 407 g/mol. The SMILES string of the molecule is Cc1c2c(nc(C(C)C)c1[C@@H](O)c1cccc(C(F)(F)F)c1)CC(C)(C)CC2O. The van der Waals surface area contributed by atoms with Crippen molar-refractivity contribution in [1.82, 2.24) is 4.98 Å². The van der Waals surface area contributed by atoms with Gasteiger partial charge in [0, 0.05) is 22.5 Å². The number of aromatic nitrogens is 1. The molecular formula is C23H28F3NO2. The van der Waals surface area contributed by atoms with E-state index in [1.807, 2.05) is 20.8 Å². The molecule has 0 saturated carbocycles. The third-order valence-electron chi connectivity index (χ3n) is 5.73. The Kier molecular flexibility index (Phi) is 5.56. The Morgan fingerprint density at radius 2 is 1.86 bits per heavy atom. The summed E-state index contributed by atoms with van der Waals surface area (Å²) in [5, 5.41) is 21.9. The van der Waals surface area contributed by atoms with E-state index in [1.54, 1.807) is 0 Å². The van der Waals surface area contributed by atoms with E-state index in [-0.39, 0.29) is 16.9 Å². The predicted molar refractivity (Wildman–Crippen MR) is 106 cm³/mol. The van der Waals surface area contributed by atoms with Gasteiger partial charge in [-0.2, -0.15) is 13.2 Å². The zero-order chi connectivity index (χ0) is 21.7. The number of fused-ring (bicyclic) bond motifs is 1. The third-order valence-corrected chi connectivity index (χ3v) is 5.73. The van der Waals surface area contributed by atoms with Crippen molar-refractivity contribution in [3.63, 3.8) is 0 Å². The smallest absolute Gasteiger partial charge is 0.388 e. The minimum absolute atomic E-state index is 0.0309. The van der Waals surface area contributed by atoms with E-state index in [2.05, 4.69) is 13.8 Å². The van der Waals surface area contributed by atoms with Crippen LogP contribution in [0, 0.1) is 12.3 Å². The summed E-state index contributed by atoms with van der Waals surface area (Å²) in [6.45, 7) is 9.87. The van der Waals surface area contributed by atoms with Gasteiger partial charge in [-0.25, -0.2) is 0 Å². The van der Waals surface area contributed by atoms with E-state index < -0.39 is 23.9 Å². The zero-order valence-corrected chi connectivity index (χ0v) is 17.4. The van der Waals surface area contributed by atoms with E-state index in [0.717, 1.165) is 17.8 Å². The lowest BCUT2D eigenvalue weighted by Gasteiger charge is -2.36. The summed E-state index contributed by atoms with van der Waals surface area (Å²) in [6.07, 6.45) is -5.17. The normalized spacial score (nSPS) is 19.9. The van der Waals surface area contributed by atoms with Gasteiger partial charge in [0.05, 0.1) is 11.7 Å². The van der Waals surface area contributed by atoms with Crippen LogP contribution in [0.25, 0.3) is 0 Å². The lowest BCUT2D eigenvalue weighted by molar-refractivity contribution is -0.137. The largest absolute Gasteiger partial charge is 0.416 e. The van der Waals surface area contributed by atoms with Crippen LogP contribution in [-0.2, 0) is 12.6 Å². The highest BCUT2D eigenvalue weighted by Gasteiger charge is 2.36. The van der Waals surface area contributed by atoms with Gasteiger partial charge in [-0.15, -0.1) is 0 Å². The first-order chi connectivity index (χ1) is 13.3. The molecule has 3 rings (SSSR count). The Balaban J connectivity index is 2.18. The molecule has 3 nitrogen and oxygen atoms in total. The van der Waals surface area contributed by atoms with Crippen molar-refractivity contribution < 1.29 is 23.4 Å². The van der Waals surface area contributed by atoms with Gasteiger partial charge >= 0.3 is 6.18 Å². The number of rotatable bonds is 3. The van der Waals surface area contributed by atoms with Crippen LogP contribution in [0.1, 0.15) is 91.4 Å². The van der Waals surface area contributed by atoms with Gasteiger partial charge in [-0.1, -0.05) is 39.8 Å². The number of benzene rings is 1. The molecule has 0 amide bonds. The second kappa shape index (κ2) is 7.40. The molecule has 1 heterocycles. The molecular weight excluding hydrogens is 379 g/mol. The van der Waals surface area contributed by atoms with Gasteiger partial charge in [0.15, 0.2) is 0 Å². The Morgan fingerprint density at radius 3 is 2.45 bits per heavy atom. The number of hydrogen-bond donors (Lipinski definition) is 2. The number of aliphatic hydroxyl groups excluding tert-OH is 2. The fourth-order valence-corrected chi connectivity index (χ4v) is 4.38. The van der Waals surface area contributed by atoms with E-state index in [1.165, 1.54) is 12.1 Å². The fraction of sp³-hybridized carbons (Fsp3) is 0.522. The van der Waals surface area contributed by atoms with Gasteiger partial charge in [0.2, 0.25) is 0 Å². The maximum atomic E-state index is 13.1. The monoisotopic (exact) mass is 407 g/mol. The van der Waals surface area contributed by atoms with Crippen molar-refractivity contribution in [2.75, 3.05) is 0 Å². The molecule has 29 heavy (non-hydrogen) atoms. The quantitative estimate of drug-likeness (QED) is 0.694. The van der Waals surface area contributed by atoms with E-state index in [9.17, 15) is 23.4 Å². The first-order valence-electron chi connectivity index (χ1n) is 9.88. The van der Waals surface area contributed by atoms with E-state index in [0.29, 0.717) is 35.2 Å². The van der Waals surface area contributed by atoms with Gasteiger partial charge in [-0.3, -0.25) is 4.98 Å². The summed E-state index contributed by atoms with van der Waals surface area (Å²) in [5.74, 6) is -0.0309. The third kappa shape index (κ3) is 4.19. The van der Waals surface area contributed by atoms with E-state index >= 15 is 0 Å². The maximum absolute atomic E-state index is 13.1. The highest BCUT2D eigenvalue weighted by molar-refractivity contribution is 5.48. The molecule has 1 aromatic carbocycles. The highest BCUT2D eigenvalue weighted by atomic mass is 19.4. The predicted octanol–water partition coefficient (Wildman–Crippen LogP) is 5.62. The van der Waals surface area contributed by atoms with Gasteiger partial charge in [-0.05, 0) is 54.4 Å². The fourth-order valence-electron chi connectivity index (χ4n) is 4.38. The highest BCUT2D eigenvalue weighted by Crippen LogP contribution is 2.45. The summed E-state index contributed by atoms with van der Waals surface area (Å²) in [7, 11) is 0. The Hall–Kier alpha value is -1.92. The molecule has 2 atom stereocenters. The molecule has 0 radical (unpaired) electrons. The van der Waals surface area contributed by atoms with Gasteiger partial charge < -0.3 is 10.2 Å². The van der Waals surface area contributed by atoms with Crippen LogP contribution in [0.5, 0.6) is 0 Å². The molecule has 0 bridgehead atoms. The maximum Gasteiger partial charge on any atom is 0.416 e. The average Bonchev–Trinajstić information content (AvgIpc) is 2.58. The molecule has 1 aliphatic carbocycles. The number of nitrogens with zero attached hydrogens (tertiary/aromatic N) is 1. The lowest BCUT2D eigenvalue weighted by Crippen LogP contribution is -2.29. The molecule has 158 valence electrons. The first kappa shape index (κ1) is 21.8. The van der Waals surface area contributed by atoms with Crippen LogP contribution in [-0.4, -0.2) is 15.2 Å². The Morgan fingerprint density at radius 1 is 1.21 bits per heavy atom.